The predicted molar refractivity (Wildman–Crippen MR) is 130 cm³/mol. The van der Waals surface area contributed by atoms with E-state index in [0.717, 1.165) is 5.56 Å². The second kappa shape index (κ2) is 11.0. The number of carbonyl (C=O) groups is 2. The SMILES string of the molecule is CCC1CC(=O)N(Cc2ccc(NC(=O)c3ccc[nH]3)cc2)N=C1c1ccc(OC(F)F)c(OC)c1. The molecule has 0 saturated heterocycles. The number of nitrogens with one attached hydrogen (secondary N) is 2. The normalized spacial score (nSPS) is 15.6. The number of rotatable bonds is 9. The van der Waals surface area contributed by atoms with Gasteiger partial charge in [-0.3, -0.25) is 9.59 Å². The van der Waals surface area contributed by atoms with Crippen LogP contribution < -0.4 is 14.8 Å². The summed E-state index contributed by atoms with van der Waals surface area (Å²) in [4.78, 5) is 27.9. The zero-order valence-corrected chi connectivity index (χ0v) is 19.8. The summed E-state index contributed by atoms with van der Waals surface area (Å²) in [6, 6.07) is 15.2. The van der Waals surface area contributed by atoms with Crippen molar-refractivity contribution < 1.29 is 27.8 Å². The van der Waals surface area contributed by atoms with Gasteiger partial charge in [-0.25, -0.2) is 5.01 Å². The molecule has 0 fully saturated rings. The van der Waals surface area contributed by atoms with Crippen molar-refractivity contribution >= 4 is 23.2 Å². The Bertz CT molecular complexity index is 1240. The molecule has 3 aromatic rings. The number of ether oxygens (including phenoxy) is 2. The quantitative estimate of drug-likeness (QED) is 0.434. The first-order chi connectivity index (χ1) is 17.4. The highest BCUT2D eigenvalue weighted by Crippen LogP contribution is 2.33. The number of H-pyrrole nitrogens is 1. The van der Waals surface area contributed by atoms with E-state index in [1.807, 2.05) is 19.1 Å². The summed E-state index contributed by atoms with van der Waals surface area (Å²) in [5.74, 6) is -0.396. The van der Waals surface area contributed by atoms with Crippen molar-refractivity contribution in [2.75, 3.05) is 12.4 Å². The van der Waals surface area contributed by atoms with Crippen LogP contribution in [0.2, 0.25) is 0 Å². The Morgan fingerprint density at radius 2 is 1.97 bits per heavy atom. The monoisotopic (exact) mass is 496 g/mol. The molecule has 188 valence electrons. The van der Waals surface area contributed by atoms with Gasteiger partial charge in [-0.05, 0) is 54.4 Å². The Kier molecular flexibility index (Phi) is 7.62. The van der Waals surface area contributed by atoms with E-state index in [-0.39, 0.29) is 42.2 Å². The van der Waals surface area contributed by atoms with Crippen LogP contribution in [0.1, 0.15) is 41.4 Å². The highest BCUT2D eigenvalue weighted by molar-refractivity contribution is 6.06. The lowest BCUT2D eigenvalue weighted by Gasteiger charge is -2.29. The van der Waals surface area contributed by atoms with Crippen LogP contribution in [-0.4, -0.2) is 41.2 Å². The summed E-state index contributed by atoms with van der Waals surface area (Å²) in [5, 5.41) is 8.85. The summed E-state index contributed by atoms with van der Waals surface area (Å²) in [5.41, 5.74) is 3.25. The molecule has 2 N–H and O–H groups in total. The van der Waals surface area contributed by atoms with Crippen LogP contribution in [0.3, 0.4) is 0 Å². The fraction of sp³-hybridized carbons (Fsp3) is 0.269. The van der Waals surface area contributed by atoms with Crippen LogP contribution in [-0.2, 0) is 11.3 Å². The van der Waals surface area contributed by atoms with Crippen LogP contribution in [0.4, 0.5) is 14.5 Å². The molecule has 2 aromatic carbocycles. The van der Waals surface area contributed by atoms with Gasteiger partial charge in [0.2, 0.25) is 5.91 Å². The summed E-state index contributed by atoms with van der Waals surface area (Å²) >= 11 is 0. The molecule has 1 aromatic heterocycles. The third-order valence-electron chi connectivity index (χ3n) is 5.88. The minimum atomic E-state index is -2.97. The van der Waals surface area contributed by atoms with Crippen molar-refractivity contribution in [3.05, 3.63) is 77.6 Å². The molecule has 1 atom stereocenters. The van der Waals surface area contributed by atoms with Crippen molar-refractivity contribution in [1.82, 2.24) is 9.99 Å². The molecule has 0 aliphatic carbocycles. The van der Waals surface area contributed by atoms with E-state index in [4.69, 9.17) is 4.74 Å². The molecule has 0 spiro atoms. The number of carbonyl (C=O) groups excluding carboxylic acids is 2. The Balaban J connectivity index is 1.53. The second-order valence-corrected chi connectivity index (χ2v) is 8.22. The maximum absolute atomic E-state index is 12.8. The van der Waals surface area contributed by atoms with E-state index in [0.29, 0.717) is 29.1 Å². The van der Waals surface area contributed by atoms with Gasteiger partial charge < -0.3 is 19.8 Å². The van der Waals surface area contributed by atoms with Gasteiger partial charge in [0.1, 0.15) is 5.69 Å². The molecule has 0 bridgehead atoms. The van der Waals surface area contributed by atoms with Crippen molar-refractivity contribution in [1.29, 1.82) is 0 Å². The van der Waals surface area contributed by atoms with Crippen LogP contribution >= 0.6 is 0 Å². The molecule has 1 aliphatic rings. The van der Waals surface area contributed by atoms with Gasteiger partial charge in [-0.15, -0.1) is 0 Å². The molecular formula is C26H26F2N4O4. The molecule has 1 aliphatic heterocycles. The van der Waals surface area contributed by atoms with Crippen molar-refractivity contribution in [3.8, 4) is 11.5 Å². The second-order valence-electron chi connectivity index (χ2n) is 8.22. The average molecular weight is 497 g/mol. The first-order valence-electron chi connectivity index (χ1n) is 11.4. The fourth-order valence-corrected chi connectivity index (χ4v) is 3.99. The Morgan fingerprint density at radius 3 is 2.61 bits per heavy atom. The van der Waals surface area contributed by atoms with Crippen LogP contribution in [0.15, 0.2) is 65.9 Å². The number of aromatic nitrogens is 1. The molecule has 2 amide bonds. The smallest absolute Gasteiger partial charge is 0.387 e. The minimum Gasteiger partial charge on any atom is -0.493 e. The Labute approximate surface area is 206 Å². The van der Waals surface area contributed by atoms with Gasteiger partial charge in [0.25, 0.3) is 5.91 Å². The standard InChI is InChI=1S/C26H26F2N4O4/c1-3-17-14-23(33)32(31-24(17)18-8-11-21(36-26(27)28)22(13-18)35-2)15-16-6-9-19(10-7-16)30-25(34)20-5-4-12-29-20/h4-13,17,26,29H,3,14-15H2,1-2H3,(H,30,34). The van der Waals surface area contributed by atoms with Crippen molar-refractivity contribution in [3.63, 3.8) is 0 Å². The molecule has 4 rings (SSSR count). The van der Waals surface area contributed by atoms with E-state index in [9.17, 15) is 18.4 Å². The van der Waals surface area contributed by atoms with Gasteiger partial charge in [-0.1, -0.05) is 19.1 Å². The molecule has 0 radical (unpaired) electrons. The molecule has 0 saturated carbocycles. The van der Waals surface area contributed by atoms with E-state index < -0.39 is 6.61 Å². The van der Waals surface area contributed by atoms with Crippen molar-refractivity contribution in [2.24, 2.45) is 11.0 Å². The van der Waals surface area contributed by atoms with Crippen LogP contribution in [0.5, 0.6) is 11.5 Å². The number of methoxy groups -OCH3 is 1. The Hall–Kier alpha value is -4.21. The van der Waals surface area contributed by atoms with Crippen LogP contribution in [0.25, 0.3) is 0 Å². The number of nitrogens with zero attached hydrogens (tertiary/aromatic N) is 2. The van der Waals surface area contributed by atoms with Gasteiger partial charge in [0, 0.05) is 29.8 Å². The lowest BCUT2D eigenvalue weighted by atomic mass is 9.89. The number of hydrazone groups is 1. The first kappa shape index (κ1) is 24.9. The fourth-order valence-electron chi connectivity index (χ4n) is 3.99. The minimum absolute atomic E-state index is 0.0721. The highest BCUT2D eigenvalue weighted by atomic mass is 19.3. The molecular weight excluding hydrogens is 470 g/mol. The van der Waals surface area contributed by atoms with Gasteiger partial charge >= 0.3 is 6.61 Å². The number of hydrogen-bond donors (Lipinski definition) is 2. The van der Waals surface area contributed by atoms with Crippen LogP contribution in [0, 0.1) is 5.92 Å². The molecule has 1 unspecified atom stereocenters. The summed E-state index contributed by atoms with van der Waals surface area (Å²) in [6.07, 6.45) is 2.63. The van der Waals surface area contributed by atoms with Gasteiger partial charge in [0.15, 0.2) is 11.5 Å². The maximum atomic E-state index is 12.8. The lowest BCUT2D eigenvalue weighted by Crippen LogP contribution is -2.36. The number of alkyl halides is 2. The van der Waals surface area contributed by atoms with E-state index in [2.05, 4.69) is 20.1 Å². The number of anilines is 1. The summed E-state index contributed by atoms with van der Waals surface area (Å²) in [6.45, 7) is -0.760. The maximum Gasteiger partial charge on any atom is 0.387 e. The number of amides is 2. The predicted octanol–water partition coefficient (Wildman–Crippen LogP) is 5.04. The number of hydrogen-bond acceptors (Lipinski definition) is 5. The molecule has 2 heterocycles. The summed E-state index contributed by atoms with van der Waals surface area (Å²) in [7, 11) is 1.37. The van der Waals surface area contributed by atoms with E-state index >= 15 is 0 Å². The number of benzene rings is 2. The van der Waals surface area contributed by atoms with Gasteiger partial charge in [0.05, 0.1) is 19.4 Å². The molecule has 36 heavy (non-hydrogen) atoms. The van der Waals surface area contributed by atoms with E-state index in [1.54, 1.807) is 42.6 Å². The van der Waals surface area contributed by atoms with E-state index in [1.165, 1.54) is 18.2 Å². The lowest BCUT2D eigenvalue weighted by molar-refractivity contribution is -0.133. The topological polar surface area (TPSA) is 96.0 Å². The Morgan fingerprint density at radius 1 is 1.19 bits per heavy atom. The number of halogens is 2. The molecule has 8 nitrogen and oxygen atoms in total. The summed E-state index contributed by atoms with van der Waals surface area (Å²) < 4.78 is 35.1. The highest BCUT2D eigenvalue weighted by Gasteiger charge is 2.30. The van der Waals surface area contributed by atoms with Crippen molar-refractivity contribution in [2.45, 2.75) is 32.9 Å². The zero-order chi connectivity index (χ0) is 25.7. The third-order valence-corrected chi connectivity index (χ3v) is 5.88. The number of aromatic amines is 1. The van der Waals surface area contributed by atoms with Gasteiger partial charge in [-0.2, -0.15) is 13.9 Å². The average Bonchev–Trinajstić information content (AvgIpc) is 3.41. The third kappa shape index (κ3) is 5.70. The molecule has 10 heteroatoms. The largest absolute Gasteiger partial charge is 0.493 e. The zero-order valence-electron chi connectivity index (χ0n) is 19.8. The first-order valence-corrected chi connectivity index (χ1v) is 11.4.